The highest BCUT2D eigenvalue weighted by Crippen LogP contribution is 2.27. The monoisotopic (exact) mass is 321 g/mol. The van der Waals surface area contributed by atoms with Crippen molar-refractivity contribution in [2.75, 3.05) is 6.54 Å². The summed E-state index contributed by atoms with van der Waals surface area (Å²) in [6.07, 6.45) is 0.927. The molecule has 102 valence electrons. The van der Waals surface area contributed by atoms with E-state index < -0.39 is 0 Å². The second-order valence-electron chi connectivity index (χ2n) is 4.66. The van der Waals surface area contributed by atoms with Gasteiger partial charge in [0.25, 0.3) is 0 Å². The molecule has 1 N–H and O–H groups in total. The van der Waals surface area contributed by atoms with Gasteiger partial charge in [0.05, 0.1) is 6.04 Å². The molecule has 0 radical (unpaired) electrons. The van der Waals surface area contributed by atoms with Crippen molar-refractivity contribution in [2.24, 2.45) is 0 Å². The zero-order valence-electron chi connectivity index (χ0n) is 11.7. The molecule has 0 aliphatic carbocycles. The number of hydrogen-bond acceptors (Lipinski definition) is 2. The molecule has 3 heteroatoms. The van der Waals surface area contributed by atoms with Gasteiger partial charge >= 0.3 is 0 Å². The molecule has 1 heterocycles. The molecule has 1 atom stereocenters. The van der Waals surface area contributed by atoms with Gasteiger partial charge in [-0.3, -0.25) is 0 Å². The number of rotatable bonds is 5. The molecule has 0 saturated carbocycles. The fourth-order valence-corrected chi connectivity index (χ4v) is 2.51. The summed E-state index contributed by atoms with van der Waals surface area (Å²) in [6, 6.07) is 10.7. The predicted octanol–water partition coefficient (Wildman–Crippen LogP) is 4.61. The van der Waals surface area contributed by atoms with Crippen molar-refractivity contribution in [3.8, 4) is 0 Å². The van der Waals surface area contributed by atoms with E-state index in [1.54, 1.807) is 0 Å². The highest BCUT2D eigenvalue weighted by Gasteiger charge is 2.17. The summed E-state index contributed by atoms with van der Waals surface area (Å²) in [7, 11) is 0. The predicted molar refractivity (Wildman–Crippen MR) is 82.5 cm³/mol. The summed E-state index contributed by atoms with van der Waals surface area (Å²) in [5.74, 6) is 2.01. The van der Waals surface area contributed by atoms with Gasteiger partial charge in [-0.25, -0.2) is 0 Å². The van der Waals surface area contributed by atoms with E-state index >= 15 is 0 Å². The smallest absolute Gasteiger partial charge is 0.125 e. The van der Waals surface area contributed by atoms with E-state index in [-0.39, 0.29) is 6.04 Å². The van der Waals surface area contributed by atoms with Gasteiger partial charge in [0, 0.05) is 10.9 Å². The van der Waals surface area contributed by atoms with Crippen LogP contribution in [0.25, 0.3) is 0 Å². The number of hydrogen-bond donors (Lipinski definition) is 1. The largest absolute Gasteiger partial charge is 0.464 e. The lowest BCUT2D eigenvalue weighted by Crippen LogP contribution is -2.21. The average molecular weight is 322 g/mol. The van der Waals surface area contributed by atoms with Crippen LogP contribution < -0.4 is 5.32 Å². The zero-order chi connectivity index (χ0) is 13.8. The average Bonchev–Trinajstić information content (AvgIpc) is 2.88. The van der Waals surface area contributed by atoms with E-state index in [4.69, 9.17) is 4.42 Å². The molecule has 1 aromatic carbocycles. The first-order chi connectivity index (χ1) is 9.15. The molecule has 0 bridgehead atoms. The highest BCUT2D eigenvalue weighted by molar-refractivity contribution is 9.10. The van der Waals surface area contributed by atoms with E-state index in [0.29, 0.717) is 0 Å². The lowest BCUT2D eigenvalue weighted by molar-refractivity contribution is 0.426. The fraction of sp³-hybridized carbons (Fsp3) is 0.375. The molecule has 2 aromatic rings. The molecule has 0 aliphatic heterocycles. The van der Waals surface area contributed by atoms with Gasteiger partial charge in [0.2, 0.25) is 0 Å². The third-order valence-electron chi connectivity index (χ3n) is 3.25. The Kier molecular flexibility index (Phi) is 4.83. The van der Waals surface area contributed by atoms with Crippen molar-refractivity contribution < 1.29 is 4.42 Å². The highest BCUT2D eigenvalue weighted by atomic mass is 79.9. The maximum atomic E-state index is 5.89. The summed E-state index contributed by atoms with van der Waals surface area (Å²) >= 11 is 3.60. The Morgan fingerprint density at radius 3 is 2.58 bits per heavy atom. The molecule has 1 aromatic heterocycles. The first-order valence-corrected chi connectivity index (χ1v) is 7.53. The Balaban J connectivity index is 2.35. The van der Waals surface area contributed by atoms with E-state index in [9.17, 15) is 0 Å². The van der Waals surface area contributed by atoms with Crippen molar-refractivity contribution in [1.29, 1.82) is 0 Å². The Bertz CT molecular complexity index is 547. The number of halogens is 1. The molecule has 19 heavy (non-hydrogen) atoms. The van der Waals surface area contributed by atoms with Crippen molar-refractivity contribution in [3.63, 3.8) is 0 Å². The van der Waals surface area contributed by atoms with Crippen LogP contribution >= 0.6 is 15.9 Å². The number of benzene rings is 1. The van der Waals surface area contributed by atoms with Gasteiger partial charge in [-0.2, -0.15) is 0 Å². The van der Waals surface area contributed by atoms with Gasteiger partial charge in [-0.1, -0.05) is 41.9 Å². The van der Waals surface area contributed by atoms with E-state index in [0.717, 1.165) is 29.0 Å². The molecular formula is C16H20BrNO. The van der Waals surface area contributed by atoms with Crippen LogP contribution in [0.5, 0.6) is 0 Å². The van der Waals surface area contributed by atoms with Crippen molar-refractivity contribution >= 4 is 15.9 Å². The minimum Gasteiger partial charge on any atom is -0.464 e. The lowest BCUT2D eigenvalue weighted by Gasteiger charge is -2.17. The van der Waals surface area contributed by atoms with Crippen LogP contribution in [0.15, 0.2) is 39.2 Å². The second kappa shape index (κ2) is 6.40. The summed E-state index contributed by atoms with van der Waals surface area (Å²) in [4.78, 5) is 0. The Hall–Kier alpha value is -1.06. The van der Waals surface area contributed by atoms with E-state index in [1.807, 2.05) is 0 Å². The SMILES string of the molecule is CCNC(c1ccc(C)c(Br)c1)c1ccc(CC)o1. The summed E-state index contributed by atoms with van der Waals surface area (Å²) < 4.78 is 7.03. The first-order valence-electron chi connectivity index (χ1n) is 6.73. The number of nitrogens with one attached hydrogen (secondary N) is 1. The Morgan fingerprint density at radius 2 is 2.00 bits per heavy atom. The summed E-state index contributed by atoms with van der Waals surface area (Å²) in [5.41, 5.74) is 2.46. The van der Waals surface area contributed by atoms with Crippen LogP contribution in [0.4, 0.5) is 0 Å². The Labute approximate surface area is 123 Å². The molecular weight excluding hydrogens is 302 g/mol. The minimum absolute atomic E-state index is 0.113. The lowest BCUT2D eigenvalue weighted by atomic mass is 10.0. The van der Waals surface area contributed by atoms with Crippen LogP contribution in [-0.4, -0.2) is 6.54 Å². The second-order valence-corrected chi connectivity index (χ2v) is 5.51. The van der Waals surface area contributed by atoms with Gasteiger partial charge in [0.1, 0.15) is 11.5 Å². The third-order valence-corrected chi connectivity index (χ3v) is 4.11. The topological polar surface area (TPSA) is 25.2 Å². The maximum Gasteiger partial charge on any atom is 0.125 e. The standard InChI is InChI=1S/C16H20BrNO/c1-4-13-8-9-15(19-13)16(18-5-2)12-7-6-11(3)14(17)10-12/h6-10,16,18H,4-5H2,1-3H3. The van der Waals surface area contributed by atoms with Crippen LogP contribution in [0.2, 0.25) is 0 Å². The van der Waals surface area contributed by atoms with Crippen LogP contribution in [0, 0.1) is 6.92 Å². The fourth-order valence-electron chi connectivity index (χ4n) is 2.12. The molecule has 0 amide bonds. The zero-order valence-corrected chi connectivity index (χ0v) is 13.3. The minimum atomic E-state index is 0.113. The van der Waals surface area contributed by atoms with Crippen molar-refractivity contribution in [2.45, 2.75) is 33.2 Å². The van der Waals surface area contributed by atoms with E-state index in [1.165, 1.54) is 11.1 Å². The molecule has 1 unspecified atom stereocenters. The first kappa shape index (κ1) is 14.4. The molecule has 0 saturated heterocycles. The molecule has 2 nitrogen and oxygen atoms in total. The van der Waals surface area contributed by atoms with Crippen molar-refractivity contribution in [3.05, 3.63) is 57.5 Å². The van der Waals surface area contributed by atoms with Gasteiger partial charge in [-0.15, -0.1) is 0 Å². The maximum absolute atomic E-state index is 5.89. The molecule has 0 aliphatic rings. The normalized spacial score (nSPS) is 12.6. The van der Waals surface area contributed by atoms with E-state index in [2.05, 4.69) is 72.3 Å². The van der Waals surface area contributed by atoms with Gasteiger partial charge in [0.15, 0.2) is 0 Å². The number of aryl methyl sites for hydroxylation is 2. The molecule has 0 spiro atoms. The Morgan fingerprint density at radius 1 is 1.21 bits per heavy atom. The quantitative estimate of drug-likeness (QED) is 0.869. The third kappa shape index (κ3) is 3.28. The molecule has 2 rings (SSSR count). The van der Waals surface area contributed by atoms with Crippen LogP contribution in [-0.2, 0) is 6.42 Å². The van der Waals surface area contributed by atoms with Gasteiger partial charge in [-0.05, 0) is 42.8 Å². The number of furan rings is 1. The van der Waals surface area contributed by atoms with Crippen LogP contribution in [0.1, 0.15) is 42.5 Å². The van der Waals surface area contributed by atoms with Crippen LogP contribution in [0.3, 0.4) is 0 Å². The van der Waals surface area contributed by atoms with Crippen molar-refractivity contribution in [1.82, 2.24) is 5.32 Å². The summed E-state index contributed by atoms with van der Waals surface area (Å²) in [6.45, 7) is 7.21. The van der Waals surface area contributed by atoms with Gasteiger partial charge < -0.3 is 9.73 Å². The molecule has 0 fully saturated rings. The summed E-state index contributed by atoms with van der Waals surface area (Å²) in [5, 5.41) is 3.48.